The normalized spacial score (nSPS) is 10.7. The van der Waals surface area contributed by atoms with Gasteiger partial charge in [-0.05, 0) is 48.5 Å². The van der Waals surface area contributed by atoms with Crippen LogP contribution in [-0.2, 0) is 17.8 Å². The molecule has 146 valence electrons. The van der Waals surface area contributed by atoms with Crippen LogP contribution < -0.4 is 14.8 Å². The highest BCUT2D eigenvalue weighted by Gasteiger charge is 2.10. The minimum absolute atomic E-state index is 0.0258. The second kappa shape index (κ2) is 9.48. The first-order valence-corrected chi connectivity index (χ1v) is 9.40. The highest BCUT2D eigenvalue weighted by molar-refractivity contribution is 7.09. The molecule has 9 heteroatoms. The fourth-order valence-electron chi connectivity index (χ4n) is 2.26. The van der Waals surface area contributed by atoms with E-state index in [1.165, 1.54) is 35.6 Å². The quantitative estimate of drug-likeness (QED) is 0.542. The fraction of sp³-hybridized carbons (Fsp3) is 0.158. The second-order valence-corrected chi connectivity index (χ2v) is 6.98. The first-order chi connectivity index (χ1) is 13.5. The van der Waals surface area contributed by atoms with Gasteiger partial charge in [0.1, 0.15) is 23.1 Å². The van der Waals surface area contributed by atoms with Gasteiger partial charge < -0.3 is 14.8 Å². The number of nitrogens with one attached hydrogen (secondary N) is 1. The molecule has 1 N–H and O–H groups in total. The Morgan fingerprint density at radius 3 is 2.46 bits per heavy atom. The predicted molar refractivity (Wildman–Crippen MR) is 103 cm³/mol. The highest BCUT2D eigenvalue weighted by Crippen LogP contribution is 2.20. The van der Waals surface area contributed by atoms with Crippen LogP contribution in [0.1, 0.15) is 10.7 Å². The number of carbonyl (C=O) groups excluding carboxylic acids is 1. The SMILES string of the molecule is O=C(Cc1csc(COc2ccc(Cl)cc2)n1)Nc1ccc(OC(F)F)cc1. The van der Waals surface area contributed by atoms with E-state index in [0.717, 1.165) is 5.01 Å². The number of benzene rings is 2. The molecule has 0 bridgehead atoms. The molecule has 0 saturated heterocycles. The van der Waals surface area contributed by atoms with Crippen LogP contribution in [-0.4, -0.2) is 17.5 Å². The average Bonchev–Trinajstić information content (AvgIpc) is 3.09. The zero-order chi connectivity index (χ0) is 19.9. The van der Waals surface area contributed by atoms with Crippen LogP contribution in [0.2, 0.25) is 5.02 Å². The van der Waals surface area contributed by atoms with Crippen molar-refractivity contribution in [3.63, 3.8) is 0 Å². The maximum Gasteiger partial charge on any atom is 0.387 e. The van der Waals surface area contributed by atoms with Crippen molar-refractivity contribution in [3.8, 4) is 11.5 Å². The Bertz CT molecular complexity index is 918. The van der Waals surface area contributed by atoms with Gasteiger partial charge in [-0.3, -0.25) is 4.79 Å². The van der Waals surface area contributed by atoms with Crippen molar-refractivity contribution >= 4 is 34.5 Å². The summed E-state index contributed by atoms with van der Waals surface area (Å²) < 4.78 is 34.1. The Morgan fingerprint density at radius 1 is 1.11 bits per heavy atom. The number of hydrogen-bond acceptors (Lipinski definition) is 5. The van der Waals surface area contributed by atoms with E-state index in [4.69, 9.17) is 16.3 Å². The van der Waals surface area contributed by atoms with Gasteiger partial charge in [-0.2, -0.15) is 8.78 Å². The van der Waals surface area contributed by atoms with Gasteiger partial charge in [-0.15, -0.1) is 11.3 Å². The van der Waals surface area contributed by atoms with Gasteiger partial charge in [-0.1, -0.05) is 11.6 Å². The lowest BCUT2D eigenvalue weighted by atomic mass is 10.2. The smallest absolute Gasteiger partial charge is 0.387 e. The van der Waals surface area contributed by atoms with Crippen molar-refractivity contribution < 1.29 is 23.0 Å². The molecule has 28 heavy (non-hydrogen) atoms. The summed E-state index contributed by atoms with van der Waals surface area (Å²) in [5.74, 6) is 0.439. The Balaban J connectivity index is 1.48. The third kappa shape index (κ3) is 6.17. The van der Waals surface area contributed by atoms with Crippen molar-refractivity contribution in [1.29, 1.82) is 0 Å². The maximum atomic E-state index is 12.1. The third-order valence-corrected chi connectivity index (χ3v) is 4.60. The minimum atomic E-state index is -2.89. The van der Waals surface area contributed by atoms with Crippen LogP contribution in [0.25, 0.3) is 0 Å². The fourth-order valence-corrected chi connectivity index (χ4v) is 3.09. The van der Waals surface area contributed by atoms with Gasteiger partial charge >= 0.3 is 6.61 Å². The molecule has 0 unspecified atom stereocenters. The number of halogens is 3. The molecule has 3 rings (SSSR count). The molecule has 1 aromatic heterocycles. The summed E-state index contributed by atoms with van der Waals surface area (Å²) in [6, 6.07) is 12.7. The summed E-state index contributed by atoms with van der Waals surface area (Å²) in [5, 5.41) is 5.85. The van der Waals surface area contributed by atoms with Crippen LogP contribution >= 0.6 is 22.9 Å². The second-order valence-electron chi connectivity index (χ2n) is 5.60. The first kappa shape index (κ1) is 20.0. The molecule has 3 aromatic rings. The number of nitrogens with zero attached hydrogens (tertiary/aromatic N) is 1. The highest BCUT2D eigenvalue weighted by atomic mass is 35.5. The number of amides is 1. The third-order valence-electron chi connectivity index (χ3n) is 3.48. The van der Waals surface area contributed by atoms with E-state index in [1.54, 1.807) is 29.6 Å². The lowest BCUT2D eigenvalue weighted by Crippen LogP contribution is -2.14. The van der Waals surface area contributed by atoms with E-state index in [0.29, 0.717) is 28.8 Å². The van der Waals surface area contributed by atoms with Gasteiger partial charge in [0, 0.05) is 16.1 Å². The molecule has 0 fully saturated rings. The number of carbonyl (C=O) groups is 1. The van der Waals surface area contributed by atoms with Crippen LogP contribution in [0, 0.1) is 0 Å². The minimum Gasteiger partial charge on any atom is -0.486 e. The predicted octanol–water partition coefficient (Wildman–Crippen LogP) is 5.16. The van der Waals surface area contributed by atoms with Gasteiger partial charge in [0.25, 0.3) is 0 Å². The standard InChI is InChI=1S/C19H15ClF2N2O3S/c20-12-1-5-15(6-2-12)26-10-18-24-14(11-28-18)9-17(25)23-13-3-7-16(8-4-13)27-19(21)22/h1-8,11,19H,9-10H2,(H,23,25). The molecular weight excluding hydrogens is 410 g/mol. The van der Waals surface area contributed by atoms with Crippen molar-refractivity contribution in [2.24, 2.45) is 0 Å². The average molecular weight is 425 g/mol. The molecule has 0 atom stereocenters. The van der Waals surface area contributed by atoms with Gasteiger partial charge in [-0.25, -0.2) is 4.98 Å². The number of rotatable bonds is 8. The molecule has 1 amide bonds. The van der Waals surface area contributed by atoms with Gasteiger partial charge in [0.05, 0.1) is 12.1 Å². The molecular formula is C19H15ClF2N2O3S. The lowest BCUT2D eigenvalue weighted by Gasteiger charge is -2.07. The van der Waals surface area contributed by atoms with E-state index in [9.17, 15) is 13.6 Å². The molecule has 0 aliphatic rings. The van der Waals surface area contributed by atoms with Crippen LogP contribution in [0.3, 0.4) is 0 Å². The van der Waals surface area contributed by atoms with Gasteiger partial charge in [0.15, 0.2) is 0 Å². The summed E-state index contributed by atoms with van der Waals surface area (Å²) in [6.45, 7) is -2.59. The Morgan fingerprint density at radius 2 is 1.79 bits per heavy atom. The summed E-state index contributed by atoms with van der Waals surface area (Å²) in [7, 11) is 0. The van der Waals surface area contributed by atoms with Gasteiger partial charge in [0.2, 0.25) is 5.91 Å². The number of aromatic nitrogens is 1. The largest absolute Gasteiger partial charge is 0.486 e. The molecule has 5 nitrogen and oxygen atoms in total. The number of alkyl halides is 2. The van der Waals surface area contributed by atoms with Crippen molar-refractivity contribution in [1.82, 2.24) is 4.98 Å². The molecule has 1 heterocycles. The monoisotopic (exact) mass is 424 g/mol. The summed E-state index contributed by atoms with van der Waals surface area (Å²) in [5.41, 5.74) is 1.10. The Labute approximate surface area is 168 Å². The van der Waals surface area contributed by atoms with Crippen LogP contribution in [0.4, 0.5) is 14.5 Å². The first-order valence-electron chi connectivity index (χ1n) is 8.14. The molecule has 0 spiro atoms. The van der Waals surface area contributed by atoms with Crippen LogP contribution in [0.15, 0.2) is 53.9 Å². The van der Waals surface area contributed by atoms with Crippen LogP contribution in [0.5, 0.6) is 11.5 Å². The topological polar surface area (TPSA) is 60.5 Å². The summed E-state index contributed by atoms with van der Waals surface area (Å²) in [6.07, 6.45) is 0.0900. The molecule has 2 aromatic carbocycles. The van der Waals surface area contributed by atoms with Crippen molar-refractivity contribution in [2.75, 3.05) is 5.32 Å². The number of anilines is 1. The van der Waals surface area contributed by atoms with Crippen molar-refractivity contribution in [3.05, 3.63) is 69.6 Å². The molecule has 0 aliphatic carbocycles. The Kier molecular flexibility index (Phi) is 6.78. The van der Waals surface area contributed by atoms with E-state index < -0.39 is 6.61 Å². The zero-order valence-electron chi connectivity index (χ0n) is 14.4. The zero-order valence-corrected chi connectivity index (χ0v) is 16.0. The van der Waals surface area contributed by atoms with E-state index in [2.05, 4.69) is 15.0 Å². The molecule has 0 aliphatic heterocycles. The van der Waals surface area contributed by atoms with E-state index >= 15 is 0 Å². The van der Waals surface area contributed by atoms with E-state index in [1.807, 2.05) is 0 Å². The number of hydrogen-bond donors (Lipinski definition) is 1. The summed E-state index contributed by atoms with van der Waals surface area (Å²) in [4.78, 5) is 16.5. The lowest BCUT2D eigenvalue weighted by molar-refractivity contribution is -0.115. The van der Waals surface area contributed by atoms with Crippen molar-refractivity contribution in [2.45, 2.75) is 19.6 Å². The van der Waals surface area contributed by atoms with E-state index in [-0.39, 0.29) is 18.1 Å². The molecule has 0 saturated carbocycles. The summed E-state index contributed by atoms with van der Waals surface area (Å²) >= 11 is 7.22. The Hall–Kier alpha value is -2.71. The number of thiazole rings is 1. The number of ether oxygens (including phenoxy) is 2. The molecule has 0 radical (unpaired) electrons. The maximum absolute atomic E-state index is 12.1.